The fraction of sp³-hybridized carbons (Fsp3) is 0.471. The summed E-state index contributed by atoms with van der Waals surface area (Å²) in [4.78, 5) is 11.3. The molecule has 2 rings (SSSR count). The third kappa shape index (κ3) is 4.90. The summed E-state index contributed by atoms with van der Waals surface area (Å²) >= 11 is 0. The van der Waals surface area contributed by atoms with Gasteiger partial charge in [0.1, 0.15) is 12.4 Å². The lowest BCUT2D eigenvalue weighted by Crippen LogP contribution is -2.37. The molecule has 2 N–H and O–H groups in total. The zero-order valence-corrected chi connectivity index (χ0v) is 13.1. The zero-order valence-electron chi connectivity index (χ0n) is 13.1. The van der Waals surface area contributed by atoms with Crippen molar-refractivity contribution in [3.8, 4) is 5.75 Å². The number of ether oxygens (including phenoxy) is 1. The second-order valence-corrected chi connectivity index (χ2v) is 6.51. The first kappa shape index (κ1) is 15.6. The van der Waals surface area contributed by atoms with Crippen LogP contribution in [0, 0.1) is 0 Å². The number of hydrogen-bond donors (Lipinski definition) is 2. The molecular weight excluding hydrogens is 264 g/mol. The lowest BCUT2D eigenvalue weighted by molar-refractivity contribution is -0.116. The van der Waals surface area contributed by atoms with Crippen molar-refractivity contribution in [3.05, 3.63) is 35.9 Å². The van der Waals surface area contributed by atoms with E-state index in [9.17, 15) is 4.79 Å². The molecule has 0 spiro atoms. The quantitative estimate of drug-likeness (QED) is 0.819. The van der Waals surface area contributed by atoms with Gasteiger partial charge in [-0.05, 0) is 56.5 Å². The van der Waals surface area contributed by atoms with Gasteiger partial charge in [-0.1, -0.05) is 6.58 Å². The van der Waals surface area contributed by atoms with E-state index in [0.717, 1.165) is 35.5 Å². The molecular formula is C17H24N2O2. The zero-order chi connectivity index (χ0) is 15.5. The molecule has 1 aromatic carbocycles. The predicted octanol–water partition coefficient (Wildman–Crippen LogP) is 2.89. The molecule has 4 nitrogen and oxygen atoms in total. The van der Waals surface area contributed by atoms with Gasteiger partial charge in [0.25, 0.3) is 0 Å². The van der Waals surface area contributed by atoms with Crippen LogP contribution in [0.4, 0.5) is 5.69 Å². The Labute approximate surface area is 126 Å². The minimum atomic E-state index is 0.0764. The highest BCUT2D eigenvalue weighted by molar-refractivity contribution is 5.93. The van der Waals surface area contributed by atoms with Crippen LogP contribution in [0.5, 0.6) is 5.75 Å². The number of fused-ring (bicyclic) bond motifs is 1. The lowest BCUT2D eigenvalue weighted by Gasteiger charge is -2.21. The number of amides is 1. The van der Waals surface area contributed by atoms with E-state index in [2.05, 4.69) is 38.0 Å². The van der Waals surface area contributed by atoms with Gasteiger partial charge < -0.3 is 15.4 Å². The summed E-state index contributed by atoms with van der Waals surface area (Å²) in [5.41, 5.74) is 3.11. The van der Waals surface area contributed by atoms with Gasteiger partial charge >= 0.3 is 0 Å². The van der Waals surface area contributed by atoms with Crippen LogP contribution in [-0.2, 0) is 11.2 Å². The monoisotopic (exact) mass is 288 g/mol. The van der Waals surface area contributed by atoms with E-state index < -0.39 is 0 Å². The van der Waals surface area contributed by atoms with Crippen molar-refractivity contribution in [3.63, 3.8) is 0 Å². The van der Waals surface area contributed by atoms with Crippen molar-refractivity contribution in [2.75, 3.05) is 18.5 Å². The number of hydrogen-bond acceptors (Lipinski definition) is 3. The maximum absolute atomic E-state index is 11.3. The van der Waals surface area contributed by atoms with Crippen molar-refractivity contribution < 1.29 is 9.53 Å². The molecule has 1 aliphatic rings. The summed E-state index contributed by atoms with van der Waals surface area (Å²) < 4.78 is 5.77. The number of benzene rings is 1. The summed E-state index contributed by atoms with van der Waals surface area (Å²) in [7, 11) is 0. The number of carbonyl (C=O) groups excluding carboxylic acids is 1. The van der Waals surface area contributed by atoms with Crippen LogP contribution in [0.25, 0.3) is 0 Å². The van der Waals surface area contributed by atoms with Crippen LogP contribution in [0.15, 0.2) is 30.4 Å². The first-order valence-electron chi connectivity index (χ1n) is 7.31. The van der Waals surface area contributed by atoms with Gasteiger partial charge in [0.05, 0.1) is 0 Å². The standard InChI is InChI=1S/C17H24N2O2/c1-12(10-18-17(2,3)4)11-21-14-6-7-15-13(9-14)5-8-16(20)19-15/h6-7,9,18H,1,5,8,10-11H2,2-4H3,(H,19,20). The highest BCUT2D eigenvalue weighted by atomic mass is 16.5. The molecule has 0 bridgehead atoms. The van der Waals surface area contributed by atoms with Crippen LogP contribution in [0.1, 0.15) is 32.8 Å². The molecule has 1 aliphatic heterocycles. The van der Waals surface area contributed by atoms with Gasteiger partial charge in [0.15, 0.2) is 0 Å². The minimum Gasteiger partial charge on any atom is -0.489 e. The minimum absolute atomic E-state index is 0.0764. The Bertz CT molecular complexity index is 544. The third-order valence-corrected chi connectivity index (χ3v) is 3.28. The number of aryl methyl sites for hydroxylation is 1. The Morgan fingerprint density at radius 2 is 2.14 bits per heavy atom. The number of anilines is 1. The molecule has 0 aliphatic carbocycles. The first-order chi connectivity index (χ1) is 9.83. The van der Waals surface area contributed by atoms with Crippen LogP contribution in [0.3, 0.4) is 0 Å². The third-order valence-electron chi connectivity index (χ3n) is 3.28. The predicted molar refractivity (Wildman–Crippen MR) is 85.8 cm³/mol. The summed E-state index contributed by atoms with van der Waals surface area (Å²) in [5, 5.41) is 6.25. The molecule has 21 heavy (non-hydrogen) atoms. The van der Waals surface area contributed by atoms with Crippen LogP contribution < -0.4 is 15.4 Å². The van der Waals surface area contributed by atoms with E-state index in [1.54, 1.807) is 0 Å². The largest absolute Gasteiger partial charge is 0.489 e. The Morgan fingerprint density at radius 1 is 1.38 bits per heavy atom. The number of rotatable bonds is 5. The van der Waals surface area contributed by atoms with E-state index in [0.29, 0.717) is 13.0 Å². The van der Waals surface area contributed by atoms with E-state index in [4.69, 9.17) is 4.74 Å². The molecule has 0 unspecified atom stereocenters. The Kier molecular flexibility index (Phi) is 4.68. The SMILES string of the molecule is C=C(CNC(C)(C)C)COc1ccc2c(c1)CCC(=O)N2. The fourth-order valence-corrected chi connectivity index (χ4v) is 2.08. The molecule has 0 fully saturated rings. The summed E-state index contributed by atoms with van der Waals surface area (Å²) in [6.07, 6.45) is 1.31. The molecule has 4 heteroatoms. The van der Waals surface area contributed by atoms with Crippen molar-refractivity contribution >= 4 is 11.6 Å². The second-order valence-electron chi connectivity index (χ2n) is 6.51. The molecule has 0 radical (unpaired) electrons. The van der Waals surface area contributed by atoms with Crippen LogP contribution in [-0.4, -0.2) is 24.6 Å². The first-order valence-corrected chi connectivity index (χ1v) is 7.31. The number of nitrogens with one attached hydrogen (secondary N) is 2. The van der Waals surface area contributed by atoms with E-state index >= 15 is 0 Å². The van der Waals surface area contributed by atoms with Crippen LogP contribution in [0.2, 0.25) is 0 Å². The number of carbonyl (C=O) groups is 1. The molecule has 1 heterocycles. The highest BCUT2D eigenvalue weighted by Crippen LogP contribution is 2.26. The maximum Gasteiger partial charge on any atom is 0.224 e. The Balaban J connectivity index is 1.86. The normalized spacial score (nSPS) is 14.3. The van der Waals surface area contributed by atoms with Crippen molar-refractivity contribution in [2.24, 2.45) is 0 Å². The average molecular weight is 288 g/mol. The van der Waals surface area contributed by atoms with Gasteiger partial charge in [-0.25, -0.2) is 0 Å². The van der Waals surface area contributed by atoms with E-state index in [1.165, 1.54) is 0 Å². The fourth-order valence-electron chi connectivity index (χ4n) is 2.08. The average Bonchev–Trinajstić information content (AvgIpc) is 2.42. The van der Waals surface area contributed by atoms with E-state index in [1.807, 2.05) is 18.2 Å². The van der Waals surface area contributed by atoms with Gasteiger partial charge in [-0.3, -0.25) is 4.79 Å². The van der Waals surface area contributed by atoms with Crippen molar-refractivity contribution in [1.29, 1.82) is 0 Å². The molecule has 0 saturated carbocycles. The van der Waals surface area contributed by atoms with Crippen LogP contribution >= 0.6 is 0 Å². The summed E-state index contributed by atoms with van der Waals surface area (Å²) in [5.74, 6) is 0.902. The highest BCUT2D eigenvalue weighted by Gasteiger charge is 2.15. The lowest BCUT2D eigenvalue weighted by atomic mass is 10.0. The molecule has 0 saturated heterocycles. The van der Waals surface area contributed by atoms with Gasteiger partial charge in [0.2, 0.25) is 5.91 Å². The molecule has 114 valence electrons. The second kappa shape index (κ2) is 6.31. The Hall–Kier alpha value is -1.81. The van der Waals surface area contributed by atoms with Crippen molar-refractivity contribution in [1.82, 2.24) is 5.32 Å². The smallest absolute Gasteiger partial charge is 0.224 e. The maximum atomic E-state index is 11.3. The molecule has 1 aromatic rings. The topological polar surface area (TPSA) is 50.4 Å². The molecule has 0 aromatic heterocycles. The van der Waals surface area contributed by atoms with E-state index in [-0.39, 0.29) is 11.4 Å². The molecule has 1 amide bonds. The summed E-state index contributed by atoms with van der Waals surface area (Å²) in [6, 6.07) is 5.78. The Morgan fingerprint density at radius 3 is 2.86 bits per heavy atom. The van der Waals surface area contributed by atoms with Gasteiger partial charge in [-0.15, -0.1) is 0 Å². The summed E-state index contributed by atoms with van der Waals surface area (Å²) in [6.45, 7) is 11.6. The molecule has 0 atom stereocenters. The van der Waals surface area contributed by atoms with Crippen molar-refractivity contribution in [2.45, 2.75) is 39.2 Å². The van der Waals surface area contributed by atoms with Gasteiger partial charge in [-0.2, -0.15) is 0 Å². The van der Waals surface area contributed by atoms with Gasteiger partial charge in [0, 0.05) is 24.2 Å².